The lowest BCUT2D eigenvalue weighted by Crippen LogP contribution is -2.11. The van der Waals surface area contributed by atoms with Gasteiger partial charge >= 0.3 is 0 Å². The Balaban J connectivity index is 2.36. The van der Waals surface area contributed by atoms with E-state index in [9.17, 15) is 4.39 Å². The van der Waals surface area contributed by atoms with Crippen molar-refractivity contribution in [3.8, 4) is 0 Å². The van der Waals surface area contributed by atoms with Gasteiger partial charge in [0.1, 0.15) is 5.83 Å². The van der Waals surface area contributed by atoms with Crippen LogP contribution in [0.2, 0.25) is 0 Å². The zero-order valence-corrected chi connectivity index (χ0v) is 12.7. The third-order valence-corrected chi connectivity index (χ3v) is 3.80. The van der Waals surface area contributed by atoms with Crippen molar-refractivity contribution in [2.75, 3.05) is 0 Å². The molecule has 0 saturated carbocycles. The van der Waals surface area contributed by atoms with Crippen molar-refractivity contribution in [2.45, 2.75) is 46.0 Å². The van der Waals surface area contributed by atoms with Gasteiger partial charge in [0.05, 0.1) is 0 Å². The molecule has 0 saturated heterocycles. The van der Waals surface area contributed by atoms with Crippen molar-refractivity contribution in [3.05, 3.63) is 48.4 Å². The van der Waals surface area contributed by atoms with Crippen LogP contribution in [0.15, 0.2) is 48.4 Å². The quantitative estimate of drug-likeness (QED) is 0.430. The molecular formula is C18H26FN. The second-order valence-corrected chi connectivity index (χ2v) is 5.62. The molecule has 0 aromatic rings. The fourth-order valence-corrected chi connectivity index (χ4v) is 2.56. The third-order valence-electron chi connectivity index (χ3n) is 3.80. The van der Waals surface area contributed by atoms with E-state index in [4.69, 9.17) is 5.41 Å². The maximum Gasteiger partial charge on any atom is 0.100 e. The van der Waals surface area contributed by atoms with Gasteiger partial charge in [0.25, 0.3) is 0 Å². The molecule has 0 spiro atoms. The van der Waals surface area contributed by atoms with E-state index in [1.54, 1.807) is 6.08 Å². The summed E-state index contributed by atoms with van der Waals surface area (Å²) in [4.78, 5) is 0. The van der Waals surface area contributed by atoms with Crippen LogP contribution in [-0.4, -0.2) is 5.71 Å². The number of hydrogen-bond donors (Lipinski definition) is 1. The average Bonchev–Trinajstić information content (AvgIpc) is 2.41. The fraction of sp³-hybridized carbons (Fsp3) is 0.500. The second kappa shape index (κ2) is 8.68. The summed E-state index contributed by atoms with van der Waals surface area (Å²) in [7, 11) is 0. The van der Waals surface area contributed by atoms with Gasteiger partial charge in [0.2, 0.25) is 0 Å². The summed E-state index contributed by atoms with van der Waals surface area (Å²) in [6.45, 7) is 7.96. The van der Waals surface area contributed by atoms with Crippen LogP contribution >= 0.6 is 0 Å². The van der Waals surface area contributed by atoms with Crippen molar-refractivity contribution in [1.82, 2.24) is 0 Å². The molecule has 1 N–H and O–H groups in total. The molecule has 1 aliphatic rings. The molecule has 0 fully saturated rings. The van der Waals surface area contributed by atoms with Crippen LogP contribution in [0.5, 0.6) is 0 Å². The summed E-state index contributed by atoms with van der Waals surface area (Å²) in [6.07, 6.45) is 13.6. The van der Waals surface area contributed by atoms with Gasteiger partial charge < -0.3 is 5.41 Å². The minimum Gasteiger partial charge on any atom is -0.305 e. The van der Waals surface area contributed by atoms with Crippen LogP contribution in [0.3, 0.4) is 0 Å². The Bertz CT molecular complexity index is 429. The summed E-state index contributed by atoms with van der Waals surface area (Å²) >= 11 is 0. The van der Waals surface area contributed by atoms with Crippen LogP contribution in [0.25, 0.3) is 0 Å². The number of hydrogen-bond acceptors (Lipinski definition) is 1. The molecule has 1 rings (SSSR count). The Hall–Kier alpha value is -1.44. The van der Waals surface area contributed by atoms with Gasteiger partial charge in [-0.3, -0.25) is 0 Å². The van der Waals surface area contributed by atoms with E-state index in [1.807, 2.05) is 18.2 Å². The lowest BCUT2D eigenvalue weighted by Gasteiger charge is -2.23. The van der Waals surface area contributed by atoms with E-state index >= 15 is 0 Å². The van der Waals surface area contributed by atoms with Crippen LogP contribution < -0.4 is 0 Å². The lowest BCUT2D eigenvalue weighted by atomic mass is 9.82. The highest BCUT2D eigenvalue weighted by Gasteiger charge is 2.19. The first-order valence-corrected chi connectivity index (χ1v) is 7.45. The summed E-state index contributed by atoms with van der Waals surface area (Å²) < 4.78 is 13.1. The van der Waals surface area contributed by atoms with E-state index in [0.29, 0.717) is 24.0 Å². The molecule has 0 heterocycles. The molecule has 2 unspecified atom stereocenters. The van der Waals surface area contributed by atoms with Gasteiger partial charge in [-0.15, -0.1) is 6.58 Å². The Morgan fingerprint density at radius 1 is 1.50 bits per heavy atom. The monoisotopic (exact) mass is 275 g/mol. The van der Waals surface area contributed by atoms with Crippen molar-refractivity contribution >= 4 is 5.71 Å². The van der Waals surface area contributed by atoms with Gasteiger partial charge in [0.15, 0.2) is 0 Å². The molecule has 1 aliphatic carbocycles. The molecule has 2 heteroatoms. The SMILES string of the molecule is C=CCCC(=N)/C=C\CCC(C)C1=CC=C(F)CC1C. The summed E-state index contributed by atoms with van der Waals surface area (Å²) in [5.41, 5.74) is 2.01. The number of rotatable bonds is 8. The standard InChI is InChI=1S/C18H26FN/c1-4-5-9-17(20)10-7-6-8-14(2)18-12-11-16(19)13-15(18)3/h4,7,10-12,14-15,20H,1,5-6,8-9,13H2,2-3H3/b10-7-,20-17?. The molecular weight excluding hydrogens is 249 g/mol. The fourth-order valence-electron chi connectivity index (χ4n) is 2.56. The minimum atomic E-state index is -0.0102. The Morgan fingerprint density at radius 3 is 2.90 bits per heavy atom. The molecule has 0 aromatic carbocycles. The van der Waals surface area contributed by atoms with Crippen LogP contribution in [0, 0.1) is 17.2 Å². The van der Waals surface area contributed by atoms with E-state index in [2.05, 4.69) is 26.5 Å². The predicted molar refractivity (Wildman–Crippen MR) is 85.8 cm³/mol. The molecule has 0 bridgehead atoms. The first-order valence-electron chi connectivity index (χ1n) is 7.45. The highest BCUT2D eigenvalue weighted by molar-refractivity contribution is 5.92. The smallest absolute Gasteiger partial charge is 0.100 e. The van der Waals surface area contributed by atoms with Crippen molar-refractivity contribution in [3.63, 3.8) is 0 Å². The van der Waals surface area contributed by atoms with Crippen LogP contribution in [-0.2, 0) is 0 Å². The normalized spacial score (nSPS) is 20.4. The van der Waals surface area contributed by atoms with Gasteiger partial charge in [0, 0.05) is 12.1 Å². The zero-order chi connectivity index (χ0) is 15.0. The molecule has 0 aromatic heterocycles. The largest absolute Gasteiger partial charge is 0.305 e. The third kappa shape index (κ3) is 5.68. The van der Waals surface area contributed by atoms with E-state index in [0.717, 1.165) is 25.7 Å². The summed E-state index contributed by atoms with van der Waals surface area (Å²) in [6, 6.07) is 0. The Labute approximate surface area is 122 Å². The average molecular weight is 275 g/mol. The van der Waals surface area contributed by atoms with Gasteiger partial charge in [-0.1, -0.05) is 37.6 Å². The first-order chi connectivity index (χ1) is 9.54. The van der Waals surface area contributed by atoms with E-state index in [1.165, 1.54) is 5.57 Å². The minimum absolute atomic E-state index is 0.0102. The van der Waals surface area contributed by atoms with Crippen LogP contribution in [0.4, 0.5) is 4.39 Å². The van der Waals surface area contributed by atoms with Crippen LogP contribution in [0.1, 0.15) is 46.0 Å². The lowest BCUT2D eigenvalue weighted by molar-refractivity contribution is 0.469. The predicted octanol–water partition coefficient (Wildman–Crippen LogP) is 5.76. The molecule has 0 amide bonds. The molecule has 2 atom stereocenters. The van der Waals surface area contributed by atoms with Gasteiger partial charge in [-0.05, 0) is 49.7 Å². The number of nitrogens with one attached hydrogen (secondary N) is 1. The van der Waals surface area contributed by atoms with Crippen molar-refractivity contribution in [2.24, 2.45) is 11.8 Å². The molecule has 1 nitrogen and oxygen atoms in total. The molecule has 20 heavy (non-hydrogen) atoms. The van der Waals surface area contributed by atoms with Crippen molar-refractivity contribution < 1.29 is 4.39 Å². The van der Waals surface area contributed by atoms with E-state index in [-0.39, 0.29) is 5.83 Å². The second-order valence-electron chi connectivity index (χ2n) is 5.62. The molecule has 0 radical (unpaired) electrons. The maximum absolute atomic E-state index is 13.1. The number of allylic oxidation sites excluding steroid dienone is 7. The molecule has 110 valence electrons. The van der Waals surface area contributed by atoms with Crippen molar-refractivity contribution in [1.29, 1.82) is 5.41 Å². The topological polar surface area (TPSA) is 23.9 Å². The highest BCUT2D eigenvalue weighted by atomic mass is 19.1. The number of halogens is 1. The highest BCUT2D eigenvalue weighted by Crippen LogP contribution is 2.32. The molecule has 0 aliphatic heterocycles. The van der Waals surface area contributed by atoms with Gasteiger partial charge in [-0.2, -0.15) is 0 Å². The first kappa shape index (κ1) is 16.6. The Morgan fingerprint density at radius 2 is 2.25 bits per heavy atom. The summed E-state index contributed by atoms with van der Waals surface area (Å²) in [5, 5.41) is 7.73. The zero-order valence-electron chi connectivity index (χ0n) is 12.7. The van der Waals surface area contributed by atoms with Gasteiger partial charge in [-0.25, -0.2) is 4.39 Å². The maximum atomic E-state index is 13.1. The summed E-state index contributed by atoms with van der Waals surface area (Å²) in [5.74, 6) is 0.773. The Kier molecular flexibility index (Phi) is 7.21. The van der Waals surface area contributed by atoms with E-state index < -0.39 is 0 Å².